The molecule has 3 atom stereocenters. The Labute approximate surface area is 272 Å². The van der Waals surface area contributed by atoms with E-state index in [-0.39, 0.29) is 49.4 Å². The van der Waals surface area contributed by atoms with Crippen LogP contribution in [0.1, 0.15) is 47.8 Å². The number of nitrogens with one attached hydrogen (secondary N) is 1. The first kappa shape index (κ1) is 34.2. The number of hydrogen-bond donors (Lipinski definition) is 2. The van der Waals surface area contributed by atoms with E-state index in [2.05, 4.69) is 34.5 Å². The van der Waals surface area contributed by atoms with Gasteiger partial charge in [0.15, 0.2) is 5.69 Å². The molecule has 3 aromatic rings. The number of carbonyl (C=O) groups excluding carboxylic acids is 1. The standard InChI is InChI=1S/C33H43N5O4.2ClH/c1-41-23-33(40)14-6-5-9-29(33)38-24-35-30(31(38)26-7-3-2-4-8-26)32(39)37-16-15-34-22-28(37)21-25-10-12-27(13-11-25)36-17-19-42-20-18-36;;/h2-4,7-8,10-13,24,28-29,34,40H,5-6,9,14-23H2,1H3;2*1H/t28-,29-,33-;;/m1../s1. The summed E-state index contributed by atoms with van der Waals surface area (Å²) in [5, 5.41) is 15.2. The van der Waals surface area contributed by atoms with Crippen LogP contribution in [0, 0.1) is 0 Å². The minimum atomic E-state index is -1.01. The molecule has 1 saturated carbocycles. The van der Waals surface area contributed by atoms with Gasteiger partial charge in [0.05, 0.1) is 37.9 Å². The van der Waals surface area contributed by atoms with Crippen molar-refractivity contribution >= 4 is 36.4 Å². The van der Waals surface area contributed by atoms with Crippen LogP contribution in [0.4, 0.5) is 5.69 Å². The van der Waals surface area contributed by atoms with E-state index in [1.54, 1.807) is 13.4 Å². The zero-order valence-electron chi connectivity index (χ0n) is 25.4. The molecule has 3 fully saturated rings. The van der Waals surface area contributed by atoms with Crippen LogP contribution < -0.4 is 10.2 Å². The van der Waals surface area contributed by atoms with Crippen molar-refractivity contribution in [3.05, 3.63) is 72.2 Å². The van der Waals surface area contributed by atoms with E-state index in [0.717, 1.165) is 76.3 Å². The number of aliphatic hydroxyl groups is 1. The zero-order valence-corrected chi connectivity index (χ0v) is 27.0. The number of methoxy groups -OCH3 is 1. The van der Waals surface area contributed by atoms with E-state index < -0.39 is 5.60 Å². The molecule has 2 N–H and O–H groups in total. The fourth-order valence-corrected chi connectivity index (χ4v) is 6.94. The van der Waals surface area contributed by atoms with Crippen molar-refractivity contribution in [2.45, 2.75) is 49.8 Å². The lowest BCUT2D eigenvalue weighted by Crippen LogP contribution is -2.54. The average Bonchev–Trinajstić information content (AvgIpc) is 3.47. The molecule has 0 spiro atoms. The number of halogens is 2. The van der Waals surface area contributed by atoms with Crippen molar-refractivity contribution in [3.63, 3.8) is 0 Å². The number of hydrogen-bond acceptors (Lipinski definition) is 7. The number of amides is 1. The van der Waals surface area contributed by atoms with Crippen LogP contribution in [-0.4, -0.2) is 96.8 Å². The van der Waals surface area contributed by atoms with Gasteiger partial charge < -0.3 is 34.3 Å². The third-order valence-electron chi connectivity index (χ3n) is 9.13. The summed E-state index contributed by atoms with van der Waals surface area (Å²) in [6.07, 6.45) is 5.95. The normalized spacial score (nSPS) is 23.9. The fourth-order valence-electron chi connectivity index (χ4n) is 6.94. The average molecular weight is 647 g/mol. The van der Waals surface area contributed by atoms with Crippen LogP contribution in [0.5, 0.6) is 0 Å². The summed E-state index contributed by atoms with van der Waals surface area (Å²) in [7, 11) is 1.63. The van der Waals surface area contributed by atoms with Crippen LogP contribution in [0.25, 0.3) is 11.3 Å². The number of ether oxygens (including phenoxy) is 2. The van der Waals surface area contributed by atoms with Crippen molar-refractivity contribution in [3.8, 4) is 11.3 Å². The van der Waals surface area contributed by atoms with Gasteiger partial charge in [-0.15, -0.1) is 24.8 Å². The first-order chi connectivity index (χ1) is 20.6. The van der Waals surface area contributed by atoms with E-state index in [0.29, 0.717) is 18.7 Å². The monoisotopic (exact) mass is 645 g/mol. The summed E-state index contributed by atoms with van der Waals surface area (Å²) in [5.41, 5.74) is 3.55. The molecule has 6 rings (SSSR count). The summed E-state index contributed by atoms with van der Waals surface area (Å²) in [6.45, 7) is 5.69. The highest BCUT2D eigenvalue weighted by atomic mass is 35.5. The van der Waals surface area contributed by atoms with E-state index in [9.17, 15) is 9.90 Å². The number of rotatable bonds is 8. The smallest absolute Gasteiger partial charge is 0.275 e. The molecule has 1 aliphatic carbocycles. The first-order valence-electron chi connectivity index (χ1n) is 15.3. The predicted octanol–water partition coefficient (Wildman–Crippen LogP) is 4.38. The van der Waals surface area contributed by atoms with Gasteiger partial charge in [-0.3, -0.25) is 4.79 Å². The first-order valence-corrected chi connectivity index (χ1v) is 15.3. The molecule has 240 valence electrons. The zero-order chi connectivity index (χ0) is 28.9. The number of piperazine rings is 1. The van der Waals surface area contributed by atoms with Gasteiger partial charge in [-0.1, -0.05) is 55.3 Å². The summed E-state index contributed by atoms with van der Waals surface area (Å²) >= 11 is 0. The second kappa shape index (κ2) is 15.6. The molecular formula is C33H45Cl2N5O4. The van der Waals surface area contributed by atoms with Gasteiger partial charge >= 0.3 is 0 Å². The highest BCUT2D eigenvalue weighted by molar-refractivity contribution is 5.98. The Balaban J connectivity index is 0.00000221. The van der Waals surface area contributed by atoms with E-state index in [4.69, 9.17) is 14.5 Å². The van der Waals surface area contributed by atoms with E-state index in [1.165, 1.54) is 11.3 Å². The molecule has 9 nitrogen and oxygen atoms in total. The van der Waals surface area contributed by atoms with Gasteiger partial charge in [0.25, 0.3) is 5.91 Å². The van der Waals surface area contributed by atoms with Crippen molar-refractivity contribution in [2.24, 2.45) is 0 Å². The molecule has 1 aromatic heterocycles. The highest BCUT2D eigenvalue weighted by Crippen LogP contribution is 2.41. The van der Waals surface area contributed by atoms with Gasteiger partial charge in [0.1, 0.15) is 5.60 Å². The van der Waals surface area contributed by atoms with Gasteiger partial charge in [-0.2, -0.15) is 0 Å². The Morgan fingerprint density at radius 2 is 1.82 bits per heavy atom. The van der Waals surface area contributed by atoms with Crippen molar-refractivity contribution in [2.75, 3.05) is 64.6 Å². The Hall–Kier alpha value is -2.66. The number of aromatic nitrogens is 2. The van der Waals surface area contributed by atoms with E-state index >= 15 is 0 Å². The Kier molecular flexibility index (Phi) is 12.1. The summed E-state index contributed by atoms with van der Waals surface area (Å²) in [6, 6.07) is 18.5. The maximum absolute atomic E-state index is 14.4. The number of benzene rings is 2. The molecule has 0 unspecified atom stereocenters. The number of imidazole rings is 1. The molecule has 0 bridgehead atoms. The lowest BCUT2D eigenvalue weighted by Gasteiger charge is -2.41. The number of nitrogens with zero attached hydrogens (tertiary/aromatic N) is 4. The van der Waals surface area contributed by atoms with Crippen LogP contribution in [-0.2, 0) is 15.9 Å². The van der Waals surface area contributed by atoms with Gasteiger partial charge in [-0.05, 0) is 37.0 Å². The molecule has 3 heterocycles. The number of anilines is 1. The lowest BCUT2D eigenvalue weighted by molar-refractivity contribution is -0.0893. The fraction of sp³-hybridized carbons (Fsp3) is 0.515. The summed E-state index contributed by atoms with van der Waals surface area (Å²) in [4.78, 5) is 23.5. The molecule has 3 aliphatic rings. The topological polar surface area (TPSA) is 92.1 Å². The third-order valence-corrected chi connectivity index (χ3v) is 9.13. The Bertz CT molecular complexity index is 1330. The molecule has 11 heteroatoms. The Morgan fingerprint density at radius 1 is 1.07 bits per heavy atom. The molecule has 2 aliphatic heterocycles. The maximum Gasteiger partial charge on any atom is 0.275 e. The SMILES string of the molecule is COC[C@]1(O)CCCC[C@H]1n1cnc(C(=O)N2CCNC[C@H]2Cc2ccc(N3CCOCC3)cc2)c1-c1ccccc1.Cl.Cl. The molecule has 2 saturated heterocycles. The molecule has 2 aromatic carbocycles. The largest absolute Gasteiger partial charge is 0.385 e. The molecule has 0 radical (unpaired) electrons. The van der Waals surface area contributed by atoms with Crippen molar-refractivity contribution in [1.29, 1.82) is 0 Å². The molecular weight excluding hydrogens is 601 g/mol. The quantitative estimate of drug-likeness (QED) is 0.376. The predicted molar refractivity (Wildman–Crippen MR) is 177 cm³/mol. The lowest BCUT2D eigenvalue weighted by atomic mass is 9.80. The highest BCUT2D eigenvalue weighted by Gasteiger charge is 2.42. The molecule has 44 heavy (non-hydrogen) atoms. The van der Waals surface area contributed by atoms with Gasteiger partial charge in [0.2, 0.25) is 0 Å². The van der Waals surface area contributed by atoms with Gasteiger partial charge in [0, 0.05) is 57.1 Å². The van der Waals surface area contributed by atoms with Gasteiger partial charge in [-0.25, -0.2) is 4.98 Å². The van der Waals surface area contributed by atoms with E-state index in [1.807, 2.05) is 39.8 Å². The van der Waals surface area contributed by atoms with Crippen molar-refractivity contribution < 1.29 is 19.4 Å². The maximum atomic E-state index is 14.4. The third kappa shape index (κ3) is 7.25. The minimum Gasteiger partial charge on any atom is -0.385 e. The number of morpholine rings is 1. The minimum absolute atomic E-state index is 0. The van der Waals surface area contributed by atoms with Crippen molar-refractivity contribution in [1.82, 2.24) is 19.8 Å². The summed E-state index contributed by atoms with van der Waals surface area (Å²) in [5.74, 6) is -0.0601. The molecule has 1 amide bonds. The van der Waals surface area contributed by atoms with Crippen LogP contribution in [0.2, 0.25) is 0 Å². The number of carbonyl (C=O) groups is 1. The van der Waals surface area contributed by atoms with Crippen LogP contribution >= 0.6 is 24.8 Å². The second-order valence-corrected chi connectivity index (χ2v) is 11.8. The van der Waals surface area contributed by atoms with Crippen LogP contribution in [0.15, 0.2) is 60.9 Å². The van der Waals surface area contributed by atoms with Crippen LogP contribution in [0.3, 0.4) is 0 Å². The Morgan fingerprint density at radius 3 is 2.55 bits per heavy atom. The summed E-state index contributed by atoms with van der Waals surface area (Å²) < 4.78 is 13.0. The second-order valence-electron chi connectivity index (χ2n) is 11.8.